The molecule has 9 rings (SSSR count). The van der Waals surface area contributed by atoms with Crippen molar-refractivity contribution in [2.75, 3.05) is 9.80 Å². The van der Waals surface area contributed by atoms with Gasteiger partial charge in [-0.3, -0.25) is 0 Å². The minimum absolute atomic E-state index is 0.0902. The van der Waals surface area contributed by atoms with Gasteiger partial charge in [-0.1, -0.05) is 72.5 Å². The molecule has 0 spiro atoms. The Kier molecular flexibility index (Phi) is 9.83. The fourth-order valence-corrected chi connectivity index (χ4v) is 8.09. The van der Waals surface area contributed by atoms with Crippen LogP contribution in [-0.2, 0) is 5.41 Å². The van der Waals surface area contributed by atoms with Crippen molar-refractivity contribution in [2.45, 2.75) is 44.9 Å². The highest BCUT2D eigenvalue weighted by Gasteiger charge is 2.37. The third-order valence-corrected chi connectivity index (χ3v) is 11.1. The Hall–Kier alpha value is -6.92. The standard InChI is InChI=1S/C51H44N2O4/c1-37-13-21-41(22-14-37)52(35-45(47-9-5-31-54-47)48-10-6-32-55-48)43-25-17-39(18-26-43)51(29-3-4-30-51)40-19-27-44(28-20-40)53(42-23-15-38(2)16-24-42)36-46(49-11-7-33-56-49)50-12-8-34-57-50/h5-28,31-36H,3-4,29-30H2,1-2H3. The van der Waals surface area contributed by atoms with Gasteiger partial charge in [0.1, 0.15) is 23.0 Å². The van der Waals surface area contributed by atoms with Crippen LogP contribution in [0.4, 0.5) is 22.7 Å². The lowest BCUT2D eigenvalue weighted by Crippen LogP contribution is -2.24. The molecule has 0 N–H and O–H groups in total. The molecule has 0 unspecified atom stereocenters. The lowest BCUT2D eigenvalue weighted by molar-refractivity contribution is 0.529. The second-order valence-corrected chi connectivity index (χ2v) is 14.8. The zero-order valence-corrected chi connectivity index (χ0v) is 32.2. The minimum atomic E-state index is -0.0902. The van der Waals surface area contributed by atoms with Crippen LogP contribution in [0.1, 0.15) is 71.0 Å². The first-order valence-corrected chi connectivity index (χ1v) is 19.6. The molecular formula is C51H44N2O4. The van der Waals surface area contributed by atoms with E-state index in [0.29, 0.717) is 0 Å². The topological polar surface area (TPSA) is 59.0 Å². The average molecular weight is 749 g/mol. The molecule has 1 saturated carbocycles. The molecule has 0 bridgehead atoms. The molecular weight excluding hydrogens is 705 g/mol. The first kappa shape index (κ1) is 35.8. The zero-order chi connectivity index (χ0) is 38.6. The Bertz CT molecular complexity index is 2290. The highest BCUT2D eigenvalue weighted by molar-refractivity contribution is 5.81. The lowest BCUT2D eigenvalue weighted by atomic mass is 9.73. The van der Waals surface area contributed by atoms with E-state index in [9.17, 15) is 0 Å². The second-order valence-electron chi connectivity index (χ2n) is 14.8. The van der Waals surface area contributed by atoms with Crippen LogP contribution in [0, 0.1) is 13.8 Å². The van der Waals surface area contributed by atoms with E-state index < -0.39 is 0 Å². The molecule has 1 aliphatic rings. The summed E-state index contributed by atoms with van der Waals surface area (Å²) < 4.78 is 23.6. The third-order valence-electron chi connectivity index (χ3n) is 11.1. The van der Waals surface area contributed by atoms with Crippen LogP contribution in [0.2, 0.25) is 0 Å². The zero-order valence-electron chi connectivity index (χ0n) is 32.2. The van der Waals surface area contributed by atoms with Crippen LogP contribution in [0.3, 0.4) is 0 Å². The fraction of sp³-hybridized carbons (Fsp3) is 0.137. The summed E-state index contributed by atoms with van der Waals surface area (Å²) in [4.78, 5) is 4.43. The van der Waals surface area contributed by atoms with Gasteiger partial charge in [-0.15, -0.1) is 0 Å². The van der Waals surface area contributed by atoms with E-state index in [0.717, 1.165) is 69.8 Å². The van der Waals surface area contributed by atoms with Crippen molar-refractivity contribution in [2.24, 2.45) is 0 Å². The SMILES string of the molecule is Cc1ccc(N(C=C(c2ccco2)c2ccco2)c2ccc(C3(c4ccc(N(C=C(c5ccco5)c5ccco5)c5ccc(C)cc5)cc4)CCCC3)cc2)cc1. The Balaban J connectivity index is 1.08. The molecule has 6 nitrogen and oxygen atoms in total. The number of hydrogen-bond acceptors (Lipinski definition) is 6. The summed E-state index contributed by atoms with van der Waals surface area (Å²) in [6.45, 7) is 4.22. The highest BCUT2D eigenvalue weighted by atomic mass is 16.3. The third kappa shape index (κ3) is 7.30. The molecule has 0 saturated heterocycles. The van der Waals surface area contributed by atoms with Crippen molar-refractivity contribution in [1.82, 2.24) is 0 Å². The van der Waals surface area contributed by atoms with E-state index in [1.807, 2.05) is 48.5 Å². The molecule has 1 fully saturated rings. The summed E-state index contributed by atoms with van der Waals surface area (Å²) in [6.07, 6.45) is 15.6. The maximum Gasteiger partial charge on any atom is 0.139 e. The molecule has 6 heteroatoms. The normalized spacial score (nSPS) is 13.3. The van der Waals surface area contributed by atoms with Gasteiger partial charge in [-0.25, -0.2) is 0 Å². The molecule has 4 heterocycles. The van der Waals surface area contributed by atoms with Gasteiger partial charge in [0.05, 0.1) is 36.2 Å². The monoisotopic (exact) mass is 748 g/mol. The lowest BCUT2D eigenvalue weighted by Gasteiger charge is -2.32. The molecule has 8 aromatic rings. The van der Waals surface area contributed by atoms with Gasteiger partial charge in [0, 0.05) is 40.6 Å². The summed E-state index contributed by atoms with van der Waals surface area (Å²) in [5.41, 5.74) is 10.9. The van der Waals surface area contributed by atoms with Gasteiger partial charge < -0.3 is 27.5 Å². The van der Waals surface area contributed by atoms with Gasteiger partial charge in [0.2, 0.25) is 0 Å². The Morgan fingerprint density at radius 1 is 0.421 bits per heavy atom. The van der Waals surface area contributed by atoms with Crippen LogP contribution in [0.15, 0.2) is 201 Å². The molecule has 57 heavy (non-hydrogen) atoms. The number of rotatable bonds is 12. The molecule has 4 aromatic carbocycles. The first-order chi connectivity index (χ1) is 28.0. The summed E-state index contributed by atoms with van der Waals surface area (Å²) in [5.74, 6) is 2.95. The number of hydrogen-bond donors (Lipinski definition) is 0. The van der Waals surface area contributed by atoms with Gasteiger partial charge in [-0.2, -0.15) is 0 Å². The number of benzene rings is 4. The molecule has 1 aliphatic carbocycles. The summed E-state index contributed by atoms with van der Waals surface area (Å²) in [7, 11) is 0. The van der Waals surface area contributed by atoms with Crippen molar-refractivity contribution >= 4 is 33.9 Å². The number of nitrogens with zero attached hydrogens (tertiary/aromatic N) is 2. The summed E-state index contributed by atoms with van der Waals surface area (Å²) in [6, 6.07) is 51.0. The molecule has 4 aromatic heterocycles. The predicted octanol–water partition coefficient (Wildman–Crippen LogP) is 14.0. The molecule has 0 radical (unpaired) electrons. The van der Waals surface area contributed by atoms with E-state index in [4.69, 9.17) is 17.7 Å². The van der Waals surface area contributed by atoms with E-state index >= 15 is 0 Å². The quantitative estimate of drug-likeness (QED) is 0.124. The molecule has 282 valence electrons. The van der Waals surface area contributed by atoms with Gasteiger partial charge in [-0.05, 0) is 135 Å². The first-order valence-electron chi connectivity index (χ1n) is 19.6. The number of aryl methyl sites for hydroxylation is 2. The summed E-state index contributed by atoms with van der Waals surface area (Å²) >= 11 is 0. The van der Waals surface area contributed by atoms with Crippen molar-refractivity contribution in [1.29, 1.82) is 0 Å². The number of anilines is 4. The van der Waals surface area contributed by atoms with Crippen molar-refractivity contribution in [3.63, 3.8) is 0 Å². The second kappa shape index (κ2) is 15.7. The van der Waals surface area contributed by atoms with Crippen LogP contribution in [-0.4, -0.2) is 0 Å². The Morgan fingerprint density at radius 3 is 1.00 bits per heavy atom. The predicted molar refractivity (Wildman–Crippen MR) is 228 cm³/mol. The molecule has 0 aliphatic heterocycles. The Labute approximate surface area is 333 Å². The maximum atomic E-state index is 5.90. The molecule has 0 amide bonds. The van der Waals surface area contributed by atoms with Crippen LogP contribution in [0.5, 0.6) is 0 Å². The van der Waals surface area contributed by atoms with Gasteiger partial charge in [0.15, 0.2) is 0 Å². The Morgan fingerprint density at radius 2 is 0.719 bits per heavy atom. The van der Waals surface area contributed by atoms with Gasteiger partial charge in [0.25, 0.3) is 0 Å². The van der Waals surface area contributed by atoms with Crippen molar-refractivity contribution < 1.29 is 17.7 Å². The number of furan rings is 4. The highest BCUT2D eigenvalue weighted by Crippen LogP contribution is 2.48. The van der Waals surface area contributed by atoms with Gasteiger partial charge >= 0.3 is 0 Å². The van der Waals surface area contributed by atoms with E-state index in [1.165, 1.54) is 35.1 Å². The smallest absolute Gasteiger partial charge is 0.139 e. The summed E-state index contributed by atoms with van der Waals surface area (Å²) in [5, 5.41) is 0. The van der Waals surface area contributed by atoms with E-state index in [1.54, 1.807) is 25.1 Å². The van der Waals surface area contributed by atoms with Crippen molar-refractivity contribution in [3.8, 4) is 0 Å². The average Bonchev–Trinajstić information content (AvgIpc) is 4.11. The fourth-order valence-electron chi connectivity index (χ4n) is 8.09. The van der Waals surface area contributed by atoms with Crippen LogP contribution >= 0.6 is 0 Å². The maximum absolute atomic E-state index is 5.90. The minimum Gasteiger partial charge on any atom is -0.464 e. The van der Waals surface area contributed by atoms with Crippen LogP contribution < -0.4 is 9.80 Å². The van der Waals surface area contributed by atoms with E-state index in [2.05, 4.69) is 133 Å². The van der Waals surface area contributed by atoms with E-state index in [-0.39, 0.29) is 5.41 Å². The molecule has 0 atom stereocenters. The van der Waals surface area contributed by atoms with Crippen molar-refractivity contribution in [3.05, 3.63) is 228 Å². The van der Waals surface area contributed by atoms with Crippen LogP contribution in [0.25, 0.3) is 11.1 Å². The largest absolute Gasteiger partial charge is 0.464 e.